The van der Waals surface area contributed by atoms with Gasteiger partial charge in [0.05, 0.1) is 11.9 Å². The van der Waals surface area contributed by atoms with Crippen molar-refractivity contribution in [2.24, 2.45) is 0 Å². The molecule has 0 saturated carbocycles. The molecule has 0 bridgehead atoms. The Morgan fingerprint density at radius 2 is 1.68 bits per heavy atom. The number of carbonyl (C=O) groups excluding carboxylic acids is 2. The molecule has 168 valence electrons. The lowest BCUT2D eigenvalue weighted by Gasteiger charge is -2.31. The Balaban J connectivity index is 2.35. The van der Waals surface area contributed by atoms with Gasteiger partial charge < -0.3 is 10.2 Å². The van der Waals surface area contributed by atoms with Gasteiger partial charge in [-0.15, -0.1) is 0 Å². The highest BCUT2D eigenvalue weighted by atomic mass is 127. The molecule has 0 aliphatic carbocycles. The lowest BCUT2D eigenvalue weighted by atomic mass is 10.1. The van der Waals surface area contributed by atoms with Crippen LogP contribution in [-0.2, 0) is 26.2 Å². The first-order valence-corrected chi connectivity index (χ1v) is 12.9. The summed E-state index contributed by atoms with van der Waals surface area (Å²) in [5.74, 6) is -0.803. The van der Waals surface area contributed by atoms with Crippen LogP contribution in [0.15, 0.2) is 48.5 Å². The van der Waals surface area contributed by atoms with Crippen molar-refractivity contribution in [3.63, 3.8) is 0 Å². The Labute approximate surface area is 201 Å². The topological polar surface area (TPSA) is 86.8 Å². The van der Waals surface area contributed by atoms with Crippen LogP contribution in [-0.4, -0.2) is 50.5 Å². The highest BCUT2D eigenvalue weighted by molar-refractivity contribution is 14.1. The van der Waals surface area contributed by atoms with Crippen LogP contribution in [0.1, 0.15) is 19.4 Å². The predicted molar refractivity (Wildman–Crippen MR) is 131 cm³/mol. The zero-order valence-corrected chi connectivity index (χ0v) is 21.2. The van der Waals surface area contributed by atoms with E-state index in [9.17, 15) is 18.0 Å². The molecule has 31 heavy (non-hydrogen) atoms. The monoisotopic (exact) mass is 577 g/mol. The lowest BCUT2D eigenvalue weighted by Crippen LogP contribution is -2.51. The van der Waals surface area contributed by atoms with Crippen LogP contribution in [0.4, 0.5) is 5.69 Å². The smallest absolute Gasteiger partial charge is 0.244 e. The van der Waals surface area contributed by atoms with Crippen molar-refractivity contribution in [2.45, 2.75) is 26.4 Å². The van der Waals surface area contributed by atoms with Crippen molar-refractivity contribution in [2.75, 3.05) is 23.7 Å². The Kier molecular flexibility index (Phi) is 9.14. The predicted octanol–water partition coefficient (Wildman–Crippen LogP) is 3.26. The summed E-state index contributed by atoms with van der Waals surface area (Å²) in [5, 5.41) is 3.27. The zero-order chi connectivity index (χ0) is 23.2. The summed E-state index contributed by atoms with van der Waals surface area (Å²) >= 11 is 8.06. The zero-order valence-electron chi connectivity index (χ0n) is 17.5. The first-order valence-electron chi connectivity index (χ1n) is 9.57. The van der Waals surface area contributed by atoms with Gasteiger partial charge in [0.25, 0.3) is 0 Å². The molecule has 0 aliphatic heterocycles. The summed E-state index contributed by atoms with van der Waals surface area (Å²) in [6, 6.07) is 13.0. The van der Waals surface area contributed by atoms with E-state index in [4.69, 9.17) is 11.6 Å². The minimum absolute atomic E-state index is 0.137. The van der Waals surface area contributed by atoms with Crippen LogP contribution in [0.2, 0.25) is 5.02 Å². The van der Waals surface area contributed by atoms with Gasteiger partial charge in [-0.3, -0.25) is 13.9 Å². The van der Waals surface area contributed by atoms with E-state index in [1.165, 1.54) is 4.90 Å². The van der Waals surface area contributed by atoms with Crippen LogP contribution < -0.4 is 9.62 Å². The normalized spacial score (nSPS) is 12.2. The second-order valence-electron chi connectivity index (χ2n) is 6.96. The summed E-state index contributed by atoms with van der Waals surface area (Å²) in [5.41, 5.74) is 1.16. The lowest BCUT2D eigenvalue weighted by molar-refractivity contribution is -0.139. The molecule has 0 heterocycles. The molecule has 0 saturated heterocycles. The molecular formula is C21H25ClIN3O4S. The van der Waals surface area contributed by atoms with Crippen LogP contribution in [0.25, 0.3) is 0 Å². The third-order valence-corrected chi connectivity index (χ3v) is 6.69. The quantitative estimate of drug-likeness (QED) is 0.464. The number of anilines is 1. The van der Waals surface area contributed by atoms with Gasteiger partial charge in [-0.2, -0.15) is 0 Å². The van der Waals surface area contributed by atoms with Crippen LogP contribution in [0.5, 0.6) is 0 Å². The van der Waals surface area contributed by atoms with Gasteiger partial charge in [0.1, 0.15) is 12.6 Å². The van der Waals surface area contributed by atoms with Crippen LogP contribution in [0, 0.1) is 3.57 Å². The summed E-state index contributed by atoms with van der Waals surface area (Å²) in [4.78, 5) is 27.1. The van der Waals surface area contributed by atoms with Gasteiger partial charge in [-0.05, 0) is 78.4 Å². The molecule has 7 nitrogen and oxygen atoms in total. The number of benzene rings is 2. The highest BCUT2D eigenvalue weighted by Crippen LogP contribution is 2.20. The maximum atomic E-state index is 13.3. The van der Waals surface area contributed by atoms with E-state index >= 15 is 0 Å². The fourth-order valence-corrected chi connectivity index (χ4v) is 4.25. The molecule has 1 unspecified atom stereocenters. The number of carbonyl (C=O) groups is 2. The number of halogens is 2. The SMILES string of the molecule is CCNC(=O)C(C)N(Cc1ccc(Cl)cc1)C(=O)CN(c1ccc(I)cc1)S(C)(=O)=O. The second kappa shape index (κ2) is 11.1. The molecule has 2 amide bonds. The van der Waals surface area contributed by atoms with Gasteiger partial charge in [0.15, 0.2) is 0 Å². The van der Waals surface area contributed by atoms with Crippen molar-refractivity contribution in [3.05, 3.63) is 62.7 Å². The molecule has 0 radical (unpaired) electrons. The summed E-state index contributed by atoms with van der Waals surface area (Å²) in [6.45, 7) is 3.55. The number of hydrogen-bond donors (Lipinski definition) is 1. The highest BCUT2D eigenvalue weighted by Gasteiger charge is 2.29. The number of nitrogens with one attached hydrogen (secondary N) is 1. The largest absolute Gasteiger partial charge is 0.355 e. The minimum Gasteiger partial charge on any atom is -0.355 e. The second-order valence-corrected chi connectivity index (χ2v) is 10.6. The Morgan fingerprint density at radius 1 is 1.10 bits per heavy atom. The van der Waals surface area contributed by atoms with Crippen molar-refractivity contribution < 1.29 is 18.0 Å². The van der Waals surface area contributed by atoms with Crippen molar-refractivity contribution in [1.29, 1.82) is 0 Å². The average Bonchev–Trinajstić information content (AvgIpc) is 2.71. The number of amides is 2. The third kappa shape index (κ3) is 7.36. The minimum atomic E-state index is -3.73. The molecule has 2 aromatic carbocycles. The van der Waals surface area contributed by atoms with E-state index in [0.29, 0.717) is 17.3 Å². The van der Waals surface area contributed by atoms with E-state index < -0.39 is 28.5 Å². The van der Waals surface area contributed by atoms with Gasteiger partial charge >= 0.3 is 0 Å². The molecule has 1 atom stereocenters. The first-order chi connectivity index (χ1) is 14.5. The van der Waals surface area contributed by atoms with Crippen molar-refractivity contribution >= 4 is 61.7 Å². The molecule has 2 aromatic rings. The Hall–Kier alpha value is -1.85. The van der Waals surface area contributed by atoms with Crippen molar-refractivity contribution in [1.82, 2.24) is 10.2 Å². The van der Waals surface area contributed by atoms with Gasteiger partial charge in [0, 0.05) is 21.7 Å². The molecule has 0 fully saturated rings. The average molecular weight is 578 g/mol. The number of sulfonamides is 1. The molecule has 0 aliphatic rings. The molecule has 2 rings (SSSR count). The Morgan fingerprint density at radius 3 is 2.19 bits per heavy atom. The van der Waals surface area contributed by atoms with Gasteiger partial charge in [-0.1, -0.05) is 23.7 Å². The van der Waals surface area contributed by atoms with Gasteiger partial charge in [0.2, 0.25) is 21.8 Å². The van der Waals surface area contributed by atoms with Crippen LogP contribution >= 0.6 is 34.2 Å². The number of rotatable bonds is 9. The maximum absolute atomic E-state index is 13.3. The summed E-state index contributed by atoms with van der Waals surface area (Å²) in [6.07, 6.45) is 1.05. The molecular weight excluding hydrogens is 553 g/mol. The van der Waals surface area contributed by atoms with E-state index in [2.05, 4.69) is 27.9 Å². The van der Waals surface area contributed by atoms with E-state index in [0.717, 1.165) is 19.7 Å². The van der Waals surface area contributed by atoms with E-state index in [1.54, 1.807) is 62.4 Å². The molecule has 10 heteroatoms. The number of hydrogen-bond acceptors (Lipinski definition) is 4. The summed E-state index contributed by atoms with van der Waals surface area (Å²) in [7, 11) is -3.73. The molecule has 1 N–H and O–H groups in total. The fraction of sp³-hybridized carbons (Fsp3) is 0.333. The van der Waals surface area contributed by atoms with Crippen molar-refractivity contribution in [3.8, 4) is 0 Å². The third-order valence-electron chi connectivity index (χ3n) is 4.58. The first kappa shape index (κ1) is 25.4. The van der Waals surface area contributed by atoms with E-state index in [-0.39, 0.29) is 12.5 Å². The molecule has 0 aromatic heterocycles. The Bertz CT molecular complexity index is 1010. The molecule has 0 spiro atoms. The number of nitrogens with zero attached hydrogens (tertiary/aromatic N) is 2. The van der Waals surface area contributed by atoms with Gasteiger partial charge in [-0.25, -0.2) is 8.42 Å². The maximum Gasteiger partial charge on any atom is 0.244 e. The number of likely N-dealkylation sites (N-methyl/N-ethyl adjacent to an activating group) is 1. The van der Waals surface area contributed by atoms with Crippen LogP contribution in [0.3, 0.4) is 0 Å². The fourth-order valence-electron chi connectivity index (χ4n) is 2.91. The van der Waals surface area contributed by atoms with E-state index in [1.807, 2.05) is 0 Å². The summed E-state index contributed by atoms with van der Waals surface area (Å²) < 4.78 is 26.9. The standard InChI is InChI=1S/C21H25ClIN3O4S/c1-4-24-21(28)15(2)25(13-16-5-7-17(22)8-6-16)20(27)14-26(31(3,29)30)19-11-9-18(23)10-12-19/h5-12,15H,4,13-14H2,1-3H3,(H,24,28).